The van der Waals surface area contributed by atoms with E-state index in [1.807, 2.05) is 6.07 Å². The molecule has 0 unspecified atom stereocenters. The van der Waals surface area contributed by atoms with E-state index in [1.165, 1.54) is 0 Å². The summed E-state index contributed by atoms with van der Waals surface area (Å²) in [6.45, 7) is -0.578. The van der Waals surface area contributed by atoms with Gasteiger partial charge < -0.3 is 4.74 Å². The number of thiazole rings is 1. The summed E-state index contributed by atoms with van der Waals surface area (Å²) in [6.07, 6.45) is 4.30. The molecule has 0 aliphatic heterocycles. The number of para-hydroxylation sites is 1. The van der Waals surface area contributed by atoms with Crippen LogP contribution in [0.25, 0.3) is 22.2 Å². The third kappa shape index (κ3) is 4.51. The van der Waals surface area contributed by atoms with Crippen molar-refractivity contribution < 1.29 is 19.2 Å². The van der Waals surface area contributed by atoms with E-state index in [2.05, 4.69) is 20.3 Å². The number of hydrogen-bond donors (Lipinski definition) is 1. The zero-order chi connectivity index (χ0) is 21.8. The number of fused-ring (bicyclic) bond motifs is 1. The molecule has 1 N–H and O–H groups in total. The Hall–Kier alpha value is -4.25. The molecule has 0 saturated carbocycles. The second kappa shape index (κ2) is 8.63. The number of carbonyl (C=O) groups is 2. The third-order valence-corrected chi connectivity index (χ3v) is 5.01. The molecule has 11 heteroatoms. The van der Waals surface area contributed by atoms with Crippen LogP contribution in [-0.4, -0.2) is 38.4 Å². The van der Waals surface area contributed by atoms with Crippen molar-refractivity contribution in [2.45, 2.75) is 0 Å². The van der Waals surface area contributed by atoms with Gasteiger partial charge in [0.25, 0.3) is 5.91 Å². The average Bonchev–Trinajstić information content (AvgIpc) is 3.26. The van der Waals surface area contributed by atoms with E-state index in [1.54, 1.807) is 48.8 Å². The number of ether oxygens (including phenoxy) is 1. The number of rotatable bonds is 6. The molecule has 154 valence electrons. The lowest BCUT2D eigenvalue weighted by molar-refractivity contribution is -0.380. The van der Waals surface area contributed by atoms with Crippen LogP contribution in [0.1, 0.15) is 10.4 Å². The number of nitrogens with one attached hydrogen (secondary N) is 1. The maximum absolute atomic E-state index is 12.7. The summed E-state index contributed by atoms with van der Waals surface area (Å²) < 4.78 is 5.16. The zero-order valence-corrected chi connectivity index (χ0v) is 16.5. The van der Waals surface area contributed by atoms with Gasteiger partial charge in [-0.25, -0.2) is 14.8 Å². The molecular weight excluding hydrogens is 422 g/mol. The molecule has 0 spiro atoms. The molecule has 0 aliphatic rings. The van der Waals surface area contributed by atoms with Gasteiger partial charge in [-0.05, 0) is 35.6 Å². The molecule has 0 atom stereocenters. The Labute approximate surface area is 178 Å². The number of nitrogens with zero attached hydrogens (tertiary/aromatic N) is 4. The molecular formula is C20H13N5O5S. The van der Waals surface area contributed by atoms with Crippen LogP contribution < -0.4 is 5.32 Å². The van der Waals surface area contributed by atoms with Gasteiger partial charge in [0.15, 0.2) is 11.7 Å². The quantitative estimate of drug-likeness (QED) is 0.276. The summed E-state index contributed by atoms with van der Waals surface area (Å²) in [7, 11) is 0. The van der Waals surface area contributed by atoms with Crippen molar-refractivity contribution in [2.24, 2.45) is 0 Å². The lowest BCUT2D eigenvalue weighted by atomic mass is 10.1. The van der Waals surface area contributed by atoms with Gasteiger partial charge in [-0.3, -0.25) is 25.2 Å². The van der Waals surface area contributed by atoms with Crippen molar-refractivity contribution in [3.63, 3.8) is 0 Å². The highest BCUT2D eigenvalue weighted by atomic mass is 32.1. The molecule has 10 nitrogen and oxygen atoms in total. The van der Waals surface area contributed by atoms with Crippen LogP contribution in [0.15, 0.2) is 61.1 Å². The second-order valence-corrected chi connectivity index (χ2v) is 7.21. The Kier molecular flexibility index (Phi) is 5.58. The lowest BCUT2D eigenvalue weighted by Crippen LogP contribution is -2.21. The number of hydrogen-bond acceptors (Lipinski definition) is 9. The number of esters is 1. The van der Waals surface area contributed by atoms with E-state index in [-0.39, 0.29) is 15.7 Å². The standard InChI is InChI=1S/C20H13N5O5S/c26-17(24-20-22-10-18(31-20)25(28)29)11-30-19(27)14-8-16(12-4-3-7-21-9-12)23-15-6-2-1-5-13(14)15/h1-10H,11H2,(H,22,24,26). The Morgan fingerprint density at radius 1 is 1.16 bits per heavy atom. The van der Waals surface area contributed by atoms with E-state index in [9.17, 15) is 19.7 Å². The fourth-order valence-electron chi connectivity index (χ4n) is 2.78. The Balaban J connectivity index is 1.53. The second-order valence-electron chi connectivity index (χ2n) is 6.20. The summed E-state index contributed by atoms with van der Waals surface area (Å²) in [6, 6.07) is 12.3. The summed E-state index contributed by atoms with van der Waals surface area (Å²) in [5.41, 5.74) is 2.11. The number of benzene rings is 1. The summed E-state index contributed by atoms with van der Waals surface area (Å²) in [5.74, 6) is -1.37. The summed E-state index contributed by atoms with van der Waals surface area (Å²) in [5, 5.41) is 13.5. The van der Waals surface area contributed by atoms with Crippen LogP contribution in [0.2, 0.25) is 0 Å². The topological polar surface area (TPSA) is 137 Å². The maximum atomic E-state index is 12.7. The minimum absolute atomic E-state index is 0.0426. The van der Waals surface area contributed by atoms with Gasteiger partial charge in [0.1, 0.15) is 6.20 Å². The van der Waals surface area contributed by atoms with Crippen molar-refractivity contribution in [1.29, 1.82) is 0 Å². The van der Waals surface area contributed by atoms with Gasteiger partial charge in [0.2, 0.25) is 0 Å². The smallest absolute Gasteiger partial charge is 0.345 e. The van der Waals surface area contributed by atoms with Gasteiger partial charge in [-0.2, -0.15) is 0 Å². The highest BCUT2D eigenvalue weighted by molar-refractivity contribution is 7.18. The van der Waals surface area contributed by atoms with Gasteiger partial charge in [0.05, 0.1) is 21.7 Å². The van der Waals surface area contributed by atoms with E-state index < -0.39 is 23.4 Å². The SMILES string of the molecule is O=C(COC(=O)c1cc(-c2cccnc2)nc2ccccc12)Nc1ncc([N+](=O)[O-])s1. The molecule has 0 fully saturated rings. The first kappa shape index (κ1) is 20.0. The number of amides is 1. The van der Waals surface area contributed by atoms with E-state index in [4.69, 9.17) is 4.74 Å². The average molecular weight is 435 g/mol. The first-order valence-electron chi connectivity index (χ1n) is 8.88. The monoisotopic (exact) mass is 435 g/mol. The number of anilines is 1. The van der Waals surface area contributed by atoms with Crippen LogP contribution in [-0.2, 0) is 9.53 Å². The molecule has 31 heavy (non-hydrogen) atoms. The first-order valence-corrected chi connectivity index (χ1v) is 9.70. The van der Waals surface area contributed by atoms with Gasteiger partial charge in [-0.1, -0.05) is 18.2 Å². The van der Waals surface area contributed by atoms with Crippen molar-refractivity contribution >= 4 is 44.2 Å². The lowest BCUT2D eigenvalue weighted by Gasteiger charge is -2.10. The van der Waals surface area contributed by atoms with Crippen molar-refractivity contribution in [3.8, 4) is 11.3 Å². The molecule has 0 saturated heterocycles. The molecule has 0 aliphatic carbocycles. The molecule has 1 aromatic carbocycles. The predicted octanol–water partition coefficient (Wildman–Crippen LogP) is 3.46. The Morgan fingerprint density at radius 2 is 2.00 bits per heavy atom. The molecule has 3 heterocycles. The molecule has 4 rings (SSSR count). The molecule has 0 radical (unpaired) electrons. The number of nitro groups is 1. The summed E-state index contributed by atoms with van der Waals surface area (Å²) in [4.78, 5) is 47.3. The van der Waals surface area contributed by atoms with Crippen molar-refractivity contribution in [2.75, 3.05) is 11.9 Å². The number of pyridine rings is 2. The van der Waals surface area contributed by atoms with E-state index >= 15 is 0 Å². The van der Waals surface area contributed by atoms with Crippen LogP contribution in [0.3, 0.4) is 0 Å². The van der Waals surface area contributed by atoms with Crippen molar-refractivity contribution in [3.05, 3.63) is 76.7 Å². The normalized spacial score (nSPS) is 10.6. The zero-order valence-electron chi connectivity index (χ0n) is 15.7. The fraction of sp³-hybridized carbons (Fsp3) is 0.0500. The predicted molar refractivity (Wildman–Crippen MR) is 113 cm³/mol. The molecule has 4 aromatic rings. The third-order valence-electron chi connectivity index (χ3n) is 4.15. The minimum Gasteiger partial charge on any atom is -0.452 e. The Bertz CT molecular complexity index is 1290. The van der Waals surface area contributed by atoms with E-state index in [0.29, 0.717) is 27.9 Å². The molecule has 3 aromatic heterocycles. The fourth-order valence-corrected chi connectivity index (χ4v) is 3.43. The van der Waals surface area contributed by atoms with Gasteiger partial charge in [0, 0.05) is 23.3 Å². The Morgan fingerprint density at radius 3 is 2.74 bits per heavy atom. The number of carbonyl (C=O) groups excluding carboxylic acids is 2. The highest BCUT2D eigenvalue weighted by Gasteiger charge is 2.18. The van der Waals surface area contributed by atoms with Crippen molar-refractivity contribution in [1.82, 2.24) is 15.0 Å². The molecule has 0 bridgehead atoms. The van der Waals surface area contributed by atoms with Gasteiger partial charge >= 0.3 is 11.0 Å². The highest BCUT2D eigenvalue weighted by Crippen LogP contribution is 2.26. The summed E-state index contributed by atoms with van der Waals surface area (Å²) >= 11 is 0.705. The minimum atomic E-state index is -0.705. The molecule has 1 amide bonds. The van der Waals surface area contributed by atoms with Crippen LogP contribution in [0.4, 0.5) is 10.1 Å². The van der Waals surface area contributed by atoms with Crippen LogP contribution in [0, 0.1) is 10.1 Å². The van der Waals surface area contributed by atoms with Gasteiger partial charge in [-0.15, -0.1) is 0 Å². The van der Waals surface area contributed by atoms with Crippen LogP contribution >= 0.6 is 11.3 Å². The van der Waals surface area contributed by atoms with E-state index in [0.717, 1.165) is 11.8 Å². The maximum Gasteiger partial charge on any atom is 0.345 e. The first-order chi connectivity index (χ1) is 15.0. The largest absolute Gasteiger partial charge is 0.452 e. The van der Waals surface area contributed by atoms with Crippen LogP contribution in [0.5, 0.6) is 0 Å². The number of aromatic nitrogens is 3.